The molecule has 1 fully saturated rings. The molecule has 1 unspecified atom stereocenters. The first-order valence-electron chi connectivity index (χ1n) is 7.13. The van der Waals surface area contributed by atoms with Gasteiger partial charge >= 0.3 is 0 Å². The second-order valence-electron chi connectivity index (χ2n) is 5.49. The van der Waals surface area contributed by atoms with Gasteiger partial charge in [-0.25, -0.2) is 0 Å². The van der Waals surface area contributed by atoms with Crippen LogP contribution in [0.1, 0.15) is 30.4 Å². The van der Waals surface area contributed by atoms with Gasteiger partial charge in [-0.2, -0.15) is 5.26 Å². The Balaban J connectivity index is 2.20. The number of methoxy groups -OCH3 is 2. The lowest BCUT2D eigenvalue weighted by Crippen LogP contribution is -2.55. The number of hydrogen-bond acceptors (Lipinski definition) is 4. The first-order chi connectivity index (χ1) is 10.2. The van der Waals surface area contributed by atoms with Crippen LogP contribution in [0.3, 0.4) is 0 Å². The molecule has 0 radical (unpaired) electrons. The molecule has 0 saturated carbocycles. The van der Waals surface area contributed by atoms with Gasteiger partial charge in [-0.3, -0.25) is 4.79 Å². The highest BCUT2D eigenvalue weighted by Gasteiger charge is 2.48. The largest absolute Gasteiger partial charge is 0.493 e. The Kier molecular flexibility index (Phi) is 3.25. The van der Waals surface area contributed by atoms with Gasteiger partial charge in [-0.1, -0.05) is 0 Å². The van der Waals surface area contributed by atoms with E-state index in [0.717, 1.165) is 24.0 Å². The Morgan fingerprint density at radius 1 is 1.24 bits per heavy atom. The number of amides is 1. The molecule has 1 atom stereocenters. The standard InChI is InChI=1S/C16H18N2O3/c1-20-13-8-11-5-7-18-15(19)4-3-6-16(18,10-17)12(11)9-14(13)21-2/h8-9H,3-7H2,1-2H3. The molecule has 2 aliphatic rings. The van der Waals surface area contributed by atoms with Crippen LogP contribution in [0.5, 0.6) is 11.5 Å². The minimum Gasteiger partial charge on any atom is -0.493 e. The van der Waals surface area contributed by atoms with Crippen molar-refractivity contribution in [2.75, 3.05) is 20.8 Å². The molecule has 21 heavy (non-hydrogen) atoms. The van der Waals surface area contributed by atoms with E-state index in [-0.39, 0.29) is 5.91 Å². The zero-order valence-electron chi connectivity index (χ0n) is 12.3. The van der Waals surface area contributed by atoms with Crippen LogP contribution in [-0.2, 0) is 16.8 Å². The molecule has 2 heterocycles. The van der Waals surface area contributed by atoms with E-state index in [2.05, 4.69) is 6.07 Å². The van der Waals surface area contributed by atoms with E-state index >= 15 is 0 Å². The highest BCUT2D eigenvalue weighted by molar-refractivity contribution is 5.80. The number of benzene rings is 1. The lowest BCUT2D eigenvalue weighted by Gasteiger charge is -2.46. The molecule has 1 aromatic carbocycles. The quantitative estimate of drug-likeness (QED) is 0.834. The van der Waals surface area contributed by atoms with Crippen LogP contribution in [0.4, 0.5) is 0 Å². The molecule has 0 bridgehead atoms. The van der Waals surface area contributed by atoms with Crippen LogP contribution in [0.2, 0.25) is 0 Å². The fraction of sp³-hybridized carbons (Fsp3) is 0.500. The molecule has 2 aliphatic heterocycles. The molecule has 0 N–H and O–H groups in total. The number of nitriles is 1. The first kappa shape index (κ1) is 13.7. The van der Waals surface area contributed by atoms with Gasteiger partial charge in [-0.05, 0) is 42.5 Å². The number of rotatable bonds is 2. The molecule has 0 aromatic heterocycles. The molecular formula is C16H18N2O3. The van der Waals surface area contributed by atoms with Crippen LogP contribution in [0.25, 0.3) is 0 Å². The Morgan fingerprint density at radius 2 is 1.95 bits per heavy atom. The smallest absolute Gasteiger partial charge is 0.224 e. The van der Waals surface area contributed by atoms with E-state index in [1.165, 1.54) is 0 Å². The third kappa shape index (κ3) is 1.86. The van der Waals surface area contributed by atoms with E-state index in [0.29, 0.717) is 30.9 Å². The van der Waals surface area contributed by atoms with Crippen LogP contribution in [0.15, 0.2) is 12.1 Å². The van der Waals surface area contributed by atoms with Gasteiger partial charge < -0.3 is 14.4 Å². The summed E-state index contributed by atoms with van der Waals surface area (Å²) in [4.78, 5) is 13.9. The van der Waals surface area contributed by atoms with Crippen LogP contribution < -0.4 is 9.47 Å². The Bertz CT molecular complexity index is 635. The third-order valence-electron chi connectivity index (χ3n) is 4.54. The number of nitrogens with zero attached hydrogens (tertiary/aromatic N) is 2. The summed E-state index contributed by atoms with van der Waals surface area (Å²) in [6.07, 6.45) is 2.70. The van der Waals surface area contributed by atoms with Gasteiger partial charge in [0.25, 0.3) is 0 Å². The number of piperidine rings is 1. The van der Waals surface area contributed by atoms with Gasteiger partial charge in [-0.15, -0.1) is 0 Å². The highest BCUT2D eigenvalue weighted by Crippen LogP contribution is 2.45. The van der Waals surface area contributed by atoms with Crippen molar-refractivity contribution in [3.05, 3.63) is 23.3 Å². The molecule has 1 aromatic rings. The molecular weight excluding hydrogens is 268 g/mol. The summed E-state index contributed by atoms with van der Waals surface area (Å²) in [5.74, 6) is 1.34. The highest BCUT2D eigenvalue weighted by atomic mass is 16.5. The molecule has 0 aliphatic carbocycles. The van der Waals surface area contributed by atoms with E-state index in [4.69, 9.17) is 9.47 Å². The molecule has 3 rings (SSSR count). The van der Waals surface area contributed by atoms with Gasteiger partial charge in [0.1, 0.15) is 0 Å². The number of hydrogen-bond donors (Lipinski definition) is 0. The molecule has 5 nitrogen and oxygen atoms in total. The van der Waals surface area contributed by atoms with Gasteiger partial charge in [0.15, 0.2) is 17.0 Å². The van der Waals surface area contributed by atoms with E-state index in [9.17, 15) is 10.1 Å². The summed E-state index contributed by atoms with van der Waals surface area (Å²) >= 11 is 0. The normalized spacial score (nSPS) is 23.9. The fourth-order valence-corrected chi connectivity index (χ4v) is 3.50. The molecule has 5 heteroatoms. The average molecular weight is 286 g/mol. The molecule has 0 spiro atoms. The number of ether oxygens (including phenoxy) is 2. The van der Waals surface area contributed by atoms with Gasteiger partial charge in [0.2, 0.25) is 5.91 Å². The predicted molar refractivity (Wildman–Crippen MR) is 76.1 cm³/mol. The molecule has 110 valence electrons. The summed E-state index contributed by atoms with van der Waals surface area (Å²) in [6.45, 7) is 0.592. The van der Waals surface area contributed by atoms with Crippen molar-refractivity contribution in [1.82, 2.24) is 4.90 Å². The zero-order chi connectivity index (χ0) is 15.0. The van der Waals surface area contributed by atoms with Crippen LogP contribution >= 0.6 is 0 Å². The summed E-state index contributed by atoms with van der Waals surface area (Å²) in [7, 11) is 3.18. The molecule has 1 saturated heterocycles. The van der Waals surface area contributed by atoms with E-state index in [1.54, 1.807) is 19.1 Å². The van der Waals surface area contributed by atoms with Crippen LogP contribution in [-0.4, -0.2) is 31.6 Å². The Morgan fingerprint density at radius 3 is 2.62 bits per heavy atom. The average Bonchev–Trinajstić information content (AvgIpc) is 2.53. The predicted octanol–water partition coefficient (Wildman–Crippen LogP) is 1.99. The van der Waals surface area contributed by atoms with E-state index in [1.807, 2.05) is 12.1 Å². The topological polar surface area (TPSA) is 62.6 Å². The minimum atomic E-state index is -0.845. The summed E-state index contributed by atoms with van der Waals surface area (Å²) in [5, 5.41) is 9.82. The summed E-state index contributed by atoms with van der Waals surface area (Å²) in [6, 6.07) is 6.20. The van der Waals surface area contributed by atoms with Crippen molar-refractivity contribution in [3.8, 4) is 17.6 Å². The van der Waals surface area contributed by atoms with Gasteiger partial charge in [0, 0.05) is 13.0 Å². The SMILES string of the molecule is COc1cc2c(cc1OC)C1(C#N)CCCC(=O)N1CC2. The maximum absolute atomic E-state index is 12.2. The Hall–Kier alpha value is -2.22. The second kappa shape index (κ2) is 4.96. The van der Waals surface area contributed by atoms with Crippen LogP contribution in [0, 0.1) is 11.3 Å². The summed E-state index contributed by atoms with van der Waals surface area (Å²) < 4.78 is 10.7. The fourth-order valence-electron chi connectivity index (χ4n) is 3.50. The minimum absolute atomic E-state index is 0.0724. The van der Waals surface area contributed by atoms with Crippen molar-refractivity contribution in [3.63, 3.8) is 0 Å². The van der Waals surface area contributed by atoms with Crippen molar-refractivity contribution in [1.29, 1.82) is 5.26 Å². The van der Waals surface area contributed by atoms with Crippen molar-refractivity contribution < 1.29 is 14.3 Å². The van der Waals surface area contributed by atoms with Gasteiger partial charge in [0.05, 0.1) is 20.3 Å². The first-order valence-corrected chi connectivity index (χ1v) is 7.13. The van der Waals surface area contributed by atoms with Crippen molar-refractivity contribution in [2.45, 2.75) is 31.2 Å². The van der Waals surface area contributed by atoms with Crippen molar-refractivity contribution in [2.24, 2.45) is 0 Å². The molecule has 1 amide bonds. The lowest BCUT2D eigenvalue weighted by atomic mass is 9.75. The third-order valence-corrected chi connectivity index (χ3v) is 4.54. The van der Waals surface area contributed by atoms with E-state index < -0.39 is 5.54 Å². The second-order valence-corrected chi connectivity index (χ2v) is 5.49. The Labute approximate surface area is 124 Å². The van der Waals surface area contributed by atoms with Crippen molar-refractivity contribution >= 4 is 5.91 Å². The maximum Gasteiger partial charge on any atom is 0.224 e. The maximum atomic E-state index is 12.2. The monoisotopic (exact) mass is 286 g/mol. The lowest BCUT2D eigenvalue weighted by molar-refractivity contribution is -0.140. The zero-order valence-corrected chi connectivity index (χ0v) is 12.3. The number of carbonyl (C=O) groups is 1. The number of fused-ring (bicyclic) bond motifs is 3. The summed E-state index contributed by atoms with van der Waals surface area (Å²) in [5.41, 5.74) is 1.12. The number of carbonyl (C=O) groups excluding carboxylic acids is 1.